The lowest BCUT2D eigenvalue weighted by Crippen LogP contribution is -2.03. The fraction of sp³-hybridized carbons (Fsp3) is 0.100. The molecule has 3 aromatic rings. The van der Waals surface area contributed by atoms with Crippen molar-refractivity contribution >= 4 is 0 Å². The molecule has 0 unspecified atom stereocenters. The summed E-state index contributed by atoms with van der Waals surface area (Å²) in [6.07, 6.45) is 0.861. The Balaban J connectivity index is 2.02. The second-order valence-electron chi connectivity index (χ2n) is 5.36. The second-order valence-corrected chi connectivity index (χ2v) is 5.36. The van der Waals surface area contributed by atoms with E-state index in [0.717, 1.165) is 11.6 Å². The van der Waals surface area contributed by atoms with Crippen molar-refractivity contribution < 1.29 is 13.2 Å². The maximum absolute atomic E-state index is 14.3. The zero-order valence-corrected chi connectivity index (χ0v) is 12.4. The smallest absolute Gasteiger partial charge is 0.194 e. The van der Waals surface area contributed by atoms with Gasteiger partial charge in [-0.2, -0.15) is 0 Å². The first-order chi connectivity index (χ1) is 11.2. The van der Waals surface area contributed by atoms with Crippen molar-refractivity contribution in [3.05, 3.63) is 95.3 Å². The van der Waals surface area contributed by atoms with E-state index in [-0.39, 0.29) is 5.56 Å². The molecule has 23 heavy (non-hydrogen) atoms. The Hall–Kier alpha value is -2.55. The van der Waals surface area contributed by atoms with Crippen molar-refractivity contribution in [2.24, 2.45) is 0 Å². The molecule has 0 radical (unpaired) electrons. The van der Waals surface area contributed by atoms with Gasteiger partial charge in [-0.15, -0.1) is 0 Å². The molecule has 0 aliphatic rings. The average Bonchev–Trinajstić information content (AvgIpc) is 2.60. The molecule has 0 heterocycles. The van der Waals surface area contributed by atoms with E-state index in [9.17, 15) is 13.2 Å². The lowest BCUT2D eigenvalue weighted by molar-refractivity contribution is 0.441. The maximum Gasteiger partial charge on any atom is 0.194 e. The zero-order chi connectivity index (χ0) is 16.2. The molecule has 0 fully saturated rings. The van der Waals surface area contributed by atoms with Gasteiger partial charge in [-0.25, -0.2) is 13.2 Å². The van der Waals surface area contributed by atoms with Crippen LogP contribution in [0.3, 0.4) is 0 Å². The van der Waals surface area contributed by atoms with Gasteiger partial charge in [0.1, 0.15) is 0 Å². The van der Waals surface area contributed by atoms with Crippen LogP contribution < -0.4 is 0 Å². The van der Waals surface area contributed by atoms with Crippen molar-refractivity contribution in [1.82, 2.24) is 0 Å². The van der Waals surface area contributed by atoms with E-state index >= 15 is 0 Å². The summed E-state index contributed by atoms with van der Waals surface area (Å²) in [5, 5.41) is 0. The Morgan fingerprint density at radius 3 is 1.91 bits per heavy atom. The highest BCUT2D eigenvalue weighted by atomic mass is 19.2. The van der Waals surface area contributed by atoms with Crippen LogP contribution >= 0.6 is 0 Å². The summed E-state index contributed by atoms with van der Waals surface area (Å²) >= 11 is 0. The summed E-state index contributed by atoms with van der Waals surface area (Å²) < 4.78 is 41.6. The Labute approximate surface area is 133 Å². The molecule has 3 rings (SSSR count). The van der Waals surface area contributed by atoms with Gasteiger partial charge in [0.25, 0.3) is 0 Å². The first-order valence-corrected chi connectivity index (χ1v) is 7.42. The van der Waals surface area contributed by atoms with Crippen molar-refractivity contribution in [2.45, 2.75) is 12.8 Å². The van der Waals surface area contributed by atoms with Gasteiger partial charge in [0.15, 0.2) is 17.5 Å². The summed E-state index contributed by atoms with van der Waals surface area (Å²) in [6.45, 7) is 0. The molecule has 0 aliphatic heterocycles. The molecule has 3 aromatic carbocycles. The third-order valence-electron chi connectivity index (χ3n) is 3.85. The van der Waals surface area contributed by atoms with Crippen molar-refractivity contribution in [1.29, 1.82) is 0 Å². The Bertz CT molecular complexity index is 796. The van der Waals surface area contributed by atoms with Gasteiger partial charge in [0.05, 0.1) is 0 Å². The molecule has 3 heteroatoms. The van der Waals surface area contributed by atoms with Gasteiger partial charge >= 0.3 is 0 Å². The van der Waals surface area contributed by atoms with Crippen molar-refractivity contribution in [3.8, 4) is 11.1 Å². The summed E-state index contributed by atoms with van der Waals surface area (Å²) in [4.78, 5) is 0. The van der Waals surface area contributed by atoms with E-state index in [0.29, 0.717) is 24.0 Å². The van der Waals surface area contributed by atoms with Crippen LogP contribution in [-0.4, -0.2) is 0 Å². The van der Waals surface area contributed by atoms with Crippen LogP contribution in [0, 0.1) is 17.5 Å². The SMILES string of the molecule is Fc1cc(-c2ccccc2)c(CCc2ccccc2)c(F)c1F. The molecule has 0 nitrogen and oxygen atoms in total. The van der Waals surface area contributed by atoms with Gasteiger partial charge in [0.2, 0.25) is 0 Å². The molecular formula is C20H15F3. The summed E-state index contributed by atoms with van der Waals surface area (Å²) in [6, 6.07) is 19.6. The van der Waals surface area contributed by atoms with E-state index in [1.165, 1.54) is 0 Å². The Kier molecular flexibility index (Phi) is 4.47. The van der Waals surface area contributed by atoms with Gasteiger partial charge in [-0.1, -0.05) is 60.7 Å². The molecule has 116 valence electrons. The van der Waals surface area contributed by atoms with E-state index in [2.05, 4.69) is 0 Å². The molecule has 0 aromatic heterocycles. The van der Waals surface area contributed by atoms with Gasteiger partial charge in [-0.3, -0.25) is 0 Å². The fourth-order valence-electron chi connectivity index (χ4n) is 2.67. The minimum Gasteiger partial charge on any atom is -0.204 e. The van der Waals surface area contributed by atoms with Gasteiger partial charge in [-0.05, 0) is 41.2 Å². The highest BCUT2D eigenvalue weighted by Gasteiger charge is 2.19. The lowest BCUT2D eigenvalue weighted by atomic mass is 9.94. The number of hydrogen-bond donors (Lipinski definition) is 0. The van der Waals surface area contributed by atoms with Crippen LogP contribution in [0.2, 0.25) is 0 Å². The summed E-state index contributed by atoms with van der Waals surface area (Å²) in [7, 11) is 0. The summed E-state index contributed by atoms with van der Waals surface area (Å²) in [5.74, 6) is -3.67. The number of halogens is 3. The van der Waals surface area contributed by atoms with Crippen molar-refractivity contribution in [2.75, 3.05) is 0 Å². The predicted octanol–water partition coefficient (Wildman–Crippen LogP) is 5.56. The minimum absolute atomic E-state index is 0.207. The van der Waals surface area contributed by atoms with Crippen molar-refractivity contribution in [3.63, 3.8) is 0 Å². The van der Waals surface area contributed by atoms with Crippen LogP contribution in [0.15, 0.2) is 66.7 Å². The number of hydrogen-bond acceptors (Lipinski definition) is 0. The Morgan fingerprint density at radius 1 is 0.652 bits per heavy atom. The first kappa shape index (κ1) is 15.3. The number of rotatable bonds is 4. The molecule has 0 saturated heterocycles. The van der Waals surface area contributed by atoms with Crippen LogP contribution in [0.4, 0.5) is 13.2 Å². The lowest BCUT2D eigenvalue weighted by Gasteiger charge is -2.13. The first-order valence-electron chi connectivity index (χ1n) is 7.42. The van der Waals surface area contributed by atoms with Gasteiger partial charge in [0, 0.05) is 0 Å². The minimum atomic E-state index is -1.41. The topological polar surface area (TPSA) is 0 Å². The maximum atomic E-state index is 14.3. The fourth-order valence-corrected chi connectivity index (χ4v) is 2.67. The second kappa shape index (κ2) is 6.69. The molecule has 0 atom stereocenters. The van der Waals surface area contributed by atoms with E-state index in [1.807, 2.05) is 36.4 Å². The molecule has 0 saturated carbocycles. The normalized spacial score (nSPS) is 10.7. The summed E-state index contributed by atoms with van der Waals surface area (Å²) in [5.41, 5.74) is 2.31. The largest absolute Gasteiger partial charge is 0.204 e. The van der Waals surface area contributed by atoms with E-state index in [1.54, 1.807) is 24.3 Å². The van der Waals surface area contributed by atoms with E-state index < -0.39 is 17.5 Å². The highest BCUT2D eigenvalue weighted by Crippen LogP contribution is 2.30. The molecule has 0 aliphatic carbocycles. The highest BCUT2D eigenvalue weighted by molar-refractivity contribution is 5.67. The average molecular weight is 312 g/mol. The number of benzene rings is 3. The zero-order valence-electron chi connectivity index (χ0n) is 12.4. The Morgan fingerprint density at radius 2 is 1.26 bits per heavy atom. The molecule has 0 amide bonds. The predicted molar refractivity (Wildman–Crippen MR) is 85.6 cm³/mol. The van der Waals surface area contributed by atoms with Crippen LogP contribution in [0.1, 0.15) is 11.1 Å². The third kappa shape index (κ3) is 3.29. The van der Waals surface area contributed by atoms with Crippen LogP contribution in [0.5, 0.6) is 0 Å². The van der Waals surface area contributed by atoms with E-state index in [4.69, 9.17) is 0 Å². The molecular weight excluding hydrogens is 297 g/mol. The standard InChI is InChI=1S/C20H15F3/c21-18-13-17(15-9-5-2-6-10-15)16(19(22)20(18)23)12-11-14-7-3-1-4-8-14/h1-10,13H,11-12H2. The molecule has 0 spiro atoms. The molecule has 0 bridgehead atoms. The van der Waals surface area contributed by atoms with Crippen LogP contribution in [0.25, 0.3) is 11.1 Å². The third-order valence-corrected chi connectivity index (χ3v) is 3.85. The quantitative estimate of drug-likeness (QED) is 0.554. The van der Waals surface area contributed by atoms with Crippen LogP contribution in [-0.2, 0) is 12.8 Å². The van der Waals surface area contributed by atoms with Gasteiger partial charge < -0.3 is 0 Å². The monoisotopic (exact) mass is 312 g/mol. The number of aryl methyl sites for hydroxylation is 1. The molecule has 0 N–H and O–H groups in total.